The molecular weight excluding hydrogens is 246 g/mol. The molecule has 0 radical (unpaired) electrons. The highest BCUT2D eigenvalue weighted by molar-refractivity contribution is 9.10. The summed E-state index contributed by atoms with van der Waals surface area (Å²) in [5.74, 6) is 0.505. The molecule has 0 aromatic carbocycles. The van der Waals surface area contributed by atoms with Crippen LogP contribution in [0.25, 0.3) is 0 Å². The number of hydrogen-bond donors (Lipinski definition) is 0. The molecule has 0 saturated carbocycles. The lowest BCUT2D eigenvalue weighted by molar-refractivity contribution is 0.551. The molecule has 1 rings (SSSR count). The number of rotatable bonds is 1. The molecule has 5 heteroatoms. The summed E-state index contributed by atoms with van der Waals surface area (Å²) < 4.78 is 2.33. The molecule has 0 aliphatic rings. The van der Waals surface area contributed by atoms with Crippen LogP contribution in [0.15, 0.2) is 9.47 Å². The van der Waals surface area contributed by atoms with Crippen molar-refractivity contribution in [3.05, 3.63) is 10.2 Å². The van der Waals surface area contributed by atoms with Crippen LogP contribution < -0.4 is 0 Å². The fourth-order valence-electron chi connectivity index (χ4n) is 1.13. The molecule has 0 aliphatic carbocycles. The molecule has 0 fully saturated rings. The van der Waals surface area contributed by atoms with Crippen molar-refractivity contribution in [2.24, 2.45) is 12.0 Å². The quantitative estimate of drug-likeness (QED) is 0.573. The maximum atomic E-state index is 10.2. The predicted molar refractivity (Wildman–Crippen MR) is 57.4 cm³/mol. The van der Waals surface area contributed by atoms with Gasteiger partial charge in [0.15, 0.2) is 5.82 Å². The van der Waals surface area contributed by atoms with E-state index in [1.807, 2.05) is 0 Å². The van der Waals surface area contributed by atoms with E-state index >= 15 is 0 Å². The zero-order valence-electron chi connectivity index (χ0n) is 8.63. The lowest BCUT2D eigenvalue weighted by Gasteiger charge is -2.15. The second kappa shape index (κ2) is 3.67. The number of hydrogen-bond acceptors (Lipinski definition) is 3. The highest BCUT2D eigenvalue weighted by Gasteiger charge is 2.24. The van der Waals surface area contributed by atoms with Crippen LogP contribution in [0.1, 0.15) is 26.5 Å². The standard InChI is InChI=1S/C9H12BrN3O/c1-9(2,3)7-6(10)8(11-5-14)13(4)12-7/h1-4H3. The molecule has 0 spiro atoms. The Labute approximate surface area is 91.2 Å². The average molecular weight is 258 g/mol. The summed E-state index contributed by atoms with van der Waals surface area (Å²) in [4.78, 5) is 13.8. The molecule has 0 unspecified atom stereocenters. The Bertz CT molecular complexity index is 397. The third kappa shape index (κ3) is 1.94. The fraction of sp³-hybridized carbons (Fsp3) is 0.556. The molecule has 1 aromatic rings. The first-order chi connectivity index (χ1) is 6.38. The Morgan fingerprint density at radius 3 is 2.43 bits per heavy atom. The predicted octanol–water partition coefficient (Wildman–Crippen LogP) is 2.45. The molecule has 76 valence electrons. The van der Waals surface area contributed by atoms with Gasteiger partial charge >= 0.3 is 0 Å². The van der Waals surface area contributed by atoms with Gasteiger partial charge < -0.3 is 0 Å². The van der Waals surface area contributed by atoms with Gasteiger partial charge in [-0.05, 0) is 15.9 Å². The SMILES string of the molecule is Cn1nc(C(C)(C)C)c(Br)c1N=C=O. The first-order valence-electron chi connectivity index (χ1n) is 4.18. The number of halogens is 1. The molecule has 0 bridgehead atoms. The molecule has 0 N–H and O–H groups in total. The van der Waals surface area contributed by atoms with Gasteiger partial charge in [0.1, 0.15) is 0 Å². The number of aromatic nitrogens is 2. The molecular formula is C9H12BrN3O. The Hall–Kier alpha value is -0.930. The largest absolute Gasteiger partial charge is 0.249 e. The third-order valence-electron chi connectivity index (χ3n) is 1.82. The minimum atomic E-state index is -0.0761. The van der Waals surface area contributed by atoms with E-state index in [1.54, 1.807) is 11.7 Å². The Morgan fingerprint density at radius 2 is 2.07 bits per heavy atom. The van der Waals surface area contributed by atoms with Gasteiger partial charge in [-0.25, -0.2) is 9.48 Å². The summed E-state index contributed by atoms with van der Waals surface area (Å²) in [6.45, 7) is 6.15. The van der Waals surface area contributed by atoms with Crippen molar-refractivity contribution < 1.29 is 4.79 Å². The zero-order chi connectivity index (χ0) is 10.9. The van der Waals surface area contributed by atoms with E-state index in [0.29, 0.717) is 5.82 Å². The lowest BCUT2D eigenvalue weighted by atomic mass is 9.92. The van der Waals surface area contributed by atoms with Gasteiger partial charge in [-0.1, -0.05) is 20.8 Å². The summed E-state index contributed by atoms with van der Waals surface area (Å²) >= 11 is 3.38. The van der Waals surface area contributed by atoms with E-state index in [4.69, 9.17) is 0 Å². The highest BCUT2D eigenvalue weighted by Crippen LogP contribution is 2.35. The Morgan fingerprint density at radius 1 is 1.50 bits per heavy atom. The van der Waals surface area contributed by atoms with Gasteiger partial charge in [0.05, 0.1) is 10.2 Å². The maximum Gasteiger partial charge on any atom is 0.242 e. The average Bonchev–Trinajstić information content (AvgIpc) is 2.31. The van der Waals surface area contributed by atoms with Crippen LogP contribution in [0.2, 0.25) is 0 Å². The van der Waals surface area contributed by atoms with Crippen LogP contribution in [0, 0.1) is 0 Å². The molecule has 0 saturated heterocycles. The van der Waals surface area contributed by atoms with Crippen LogP contribution >= 0.6 is 15.9 Å². The van der Waals surface area contributed by atoms with Gasteiger partial charge in [0, 0.05) is 12.5 Å². The van der Waals surface area contributed by atoms with Crippen molar-refractivity contribution >= 4 is 27.8 Å². The van der Waals surface area contributed by atoms with E-state index in [2.05, 4.69) is 46.8 Å². The number of carbonyl (C=O) groups excluding carboxylic acids is 1. The smallest absolute Gasteiger partial charge is 0.242 e. The summed E-state index contributed by atoms with van der Waals surface area (Å²) in [6.07, 6.45) is 1.51. The van der Waals surface area contributed by atoms with E-state index < -0.39 is 0 Å². The summed E-state index contributed by atoms with van der Waals surface area (Å²) in [5, 5.41) is 4.30. The monoisotopic (exact) mass is 257 g/mol. The van der Waals surface area contributed by atoms with Crippen LogP contribution in [0.5, 0.6) is 0 Å². The van der Waals surface area contributed by atoms with Gasteiger partial charge in [0.2, 0.25) is 6.08 Å². The summed E-state index contributed by atoms with van der Waals surface area (Å²) in [7, 11) is 1.75. The van der Waals surface area contributed by atoms with Gasteiger partial charge in [0.25, 0.3) is 0 Å². The lowest BCUT2D eigenvalue weighted by Crippen LogP contribution is -2.13. The topological polar surface area (TPSA) is 47.2 Å². The molecule has 1 aromatic heterocycles. The molecule has 0 amide bonds. The van der Waals surface area contributed by atoms with Crippen LogP contribution in [-0.4, -0.2) is 15.9 Å². The zero-order valence-corrected chi connectivity index (χ0v) is 10.2. The molecule has 14 heavy (non-hydrogen) atoms. The van der Waals surface area contributed by atoms with Crippen molar-refractivity contribution in [2.45, 2.75) is 26.2 Å². The highest BCUT2D eigenvalue weighted by atomic mass is 79.9. The van der Waals surface area contributed by atoms with Gasteiger partial charge in [-0.15, -0.1) is 4.99 Å². The number of isocyanates is 1. The minimum Gasteiger partial charge on any atom is -0.249 e. The molecule has 0 aliphatic heterocycles. The molecule has 0 atom stereocenters. The number of aryl methyl sites for hydroxylation is 1. The van der Waals surface area contributed by atoms with Crippen molar-refractivity contribution in [1.29, 1.82) is 0 Å². The van der Waals surface area contributed by atoms with Crippen molar-refractivity contribution in [3.63, 3.8) is 0 Å². The summed E-state index contributed by atoms with van der Waals surface area (Å²) in [6, 6.07) is 0. The van der Waals surface area contributed by atoms with E-state index in [0.717, 1.165) is 10.2 Å². The van der Waals surface area contributed by atoms with E-state index in [1.165, 1.54) is 6.08 Å². The fourth-order valence-corrected chi connectivity index (χ4v) is 2.15. The van der Waals surface area contributed by atoms with Gasteiger partial charge in [-0.3, -0.25) is 0 Å². The van der Waals surface area contributed by atoms with E-state index in [9.17, 15) is 4.79 Å². The van der Waals surface area contributed by atoms with Crippen molar-refractivity contribution in [3.8, 4) is 0 Å². The van der Waals surface area contributed by atoms with Crippen LogP contribution in [0.3, 0.4) is 0 Å². The Balaban J connectivity index is 3.38. The molecule has 1 heterocycles. The normalized spacial score (nSPS) is 11.2. The van der Waals surface area contributed by atoms with Crippen LogP contribution in [-0.2, 0) is 17.3 Å². The molecule has 4 nitrogen and oxygen atoms in total. The first kappa shape index (κ1) is 11.1. The maximum absolute atomic E-state index is 10.2. The second-order valence-corrected chi connectivity index (χ2v) is 4.86. The third-order valence-corrected chi connectivity index (χ3v) is 2.55. The number of nitrogens with zero attached hydrogens (tertiary/aromatic N) is 3. The van der Waals surface area contributed by atoms with Gasteiger partial charge in [-0.2, -0.15) is 5.10 Å². The minimum absolute atomic E-state index is 0.0761. The Kier molecular flexibility index (Phi) is 2.92. The van der Waals surface area contributed by atoms with Crippen LogP contribution in [0.4, 0.5) is 5.82 Å². The van der Waals surface area contributed by atoms with E-state index in [-0.39, 0.29) is 5.41 Å². The van der Waals surface area contributed by atoms with Crippen molar-refractivity contribution in [1.82, 2.24) is 9.78 Å². The first-order valence-corrected chi connectivity index (χ1v) is 4.98. The van der Waals surface area contributed by atoms with Crippen molar-refractivity contribution in [2.75, 3.05) is 0 Å². The summed E-state index contributed by atoms with van der Waals surface area (Å²) in [5.41, 5.74) is 0.807. The second-order valence-electron chi connectivity index (χ2n) is 4.06. The number of aliphatic imine (C=N–C) groups is 1.